The van der Waals surface area contributed by atoms with Crippen LogP contribution in [0, 0.1) is 0 Å². The largest absolute Gasteiger partial charge is 0.350 e. The number of aromatic nitrogens is 3. The van der Waals surface area contributed by atoms with Crippen LogP contribution in [-0.4, -0.2) is 32.2 Å². The molecule has 3 amide bonds. The maximum absolute atomic E-state index is 12.4. The molecule has 0 aliphatic heterocycles. The van der Waals surface area contributed by atoms with Crippen LogP contribution in [0.3, 0.4) is 0 Å². The van der Waals surface area contributed by atoms with Crippen molar-refractivity contribution in [3.05, 3.63) is 59.1 Å². The lowest BCUT2D eigenvalue weighted by Crippen LogP contribution is -2.34. The summed E-state index contributed by atoms with van der Waals surface area (Å²) in [6.07, 6.45) is 1.59. The molecule has 0 spiro atoms. The van der Waals surface area contributed by atoms with Crippen LogP contribution in [0.2, 0.25) is 0 Å². The molecule has 3 aromatic rings. The smallest absolute Gasteiger partial charge is 0.336 e. The van der Waals surface area contributed by atoms with Gasteiger partial charge in [-0.1, -0.05) is 18.2 Å². The fourth-order valence-electron chi connectivity index (χ4n) is 2.52. The Morgan fingerprint density at radius 2 is 1.70 bits per heavy atom. The Morgan fingerprint density at radius 1 is 1.04 bits per heavy atom. The third kappa shape index (κ3) is 4.32. The lowest BCUT2D eigenvalue weighted by Gasteiger charge is -2.14. The van der Waals surface area contributed by atoms with Gasteiger partial charge in [0.1, 0.15) is 6.54 Å². The summed E-state index contributed by atoms with van der Waals surface area (Å²) in [6, 6.07) is 11.6. The number of benzene rings is 1. The first kappa shape index (κ1) is 18.2. The summed E-state index contributed by atoms with van der Waals surface area (Å²) < 4.78 is 2.45. The van der Waals surface area contributed by atoms with E-state index in [1.807, 2.05) is 13.8 Å². The minimum absolute atomic E-state index is 0.0197. The number of fused-ring (bicyclic) bond motifs is 1. The fraction of sp³-hybridized carbons (Fsp3) is 0.222. The minimum atomic E-state index is -0.431. The Bertz CT molecular complexity index is 1040. The molecule has 0 bridgehead atoms. The molecule has 2 aromatic heterocycles. The van der Waals surface area contributed by atoms with E-state index in [4.69, 9.17) is 0 Å². The molecule has 9 nitrogen and oxygen atoms in total. The predicted molar refractivity (Wildman–Crippen MR) is 102 cm³/mol. The van der Waals surface area contributed by atoms with Crippen LogP contribution >= 0.6 is 0 Å². The Hall–Kier alpha value is -3.62. The summed E-state index contributed by atoms with van der Waals surface area (Å²) in [5.74, 6) is -0.431. The Morgan fingerprint density at radius 3 is 2.37 bits per heavy atom. The molecule has 0 fully saturated rings. The maximum atomic E-state index is 12.4. The molecule has 3 N–H and O–H groups in total. The molecule has 0 aliphatic rings. The number of amides is 3. The van der Waals surface area contributed by atoms with Gasteiger partial charge in [0.2, 0.25) is 5.91 Å². The highest BCUT2D eigenvalue weighted by molar-refractivity contribution is 5.98. The van der Waals surface area contributed by atoms with E-state index in [0.29, 0.717) is 17.0 Å². The molecule has 9 heteroatoms. The average Bonchev–Trinajstić information content (AvgIpc) is 2.92. The summed E-state index contributed by atoms with van der Waals surface area (Å²) in [5.41, 5.74) is 0.941. The topological polar surface area (TPSA) is 110 Å². The van der Waals surface area contributed by atoms with E-state index in [1.54, 1.807) is 48.7 Å². The van der Waals surface area contributed by atoms with Crippen molar-refractivity contribution in [1.29, 1.82) is 0 Å². The van der Waals surface area contributed by atoms with Crippen LogP contribution in [0.5, 0.6) is 0 Å². The standard InChI is InChI=1S/C18H20N6O3/c1-12(2)19-17(26)21-14-8-4-3-7-13(14)20-16(25)11-24-18(27)23-10-6-5-9-15(23)22-24/h3-10,12H,11H2,1-2H3,(H,20,25)(H2,19,21,26). The average molecular weight is 368 g/mol. The van der Waals surface area contributed by atoms with E-state index >= 15 is 0 Å². The first-order valence-corrected chi connectivity index (χ1v) is 8.44. The number of nitrogens with zero attached hydrogens (tertiary/aromatic N) is 3. The number of carbonyl (C=O) groups is 2. The van der Waals surface area contributed by atoms with E-state index in [1.165, 1.54) is 4.40 Å². The van der Waals surface area contributed by atoms with Gasteiger partial charge in [-0.05, 0) is 38.1 Å². The highest BCUT2D eigenvalue weighted by atomic mass is 16.2. The van der Waals surface area contributed by atoms with Gasteiger partial charge in [-0.2, -0.15) is 0 Å². The molecule has 0 atom stereocenters. The van der Waals surface area contributed by atoms with Crippen LogP contribution in [0.4, 0.5) is 16.2 Å². The van der Waals surface area contributed by atoms with Gasteiger partial charge >= 0.3 is 11.7 Å². The molecule has 0 saturated heterocycles. The van der Waals surface area contributed by atoms with Crippen LogP contribution in [0.25, 0.3) is 5.65 Å². The second-order valence-electron chi connectivity index (χ2n) is 6.22. The lowest BCUT2D eigenvalue weighted by molar-refractivity contribution is -0.117. The zero-order valence-corrected chi connectivity index (χ0v) is 15.0. The molecule has 3 rings (SSSR count). The van der Waals surface area contributed by atoms with Crippen molar-refractivity contribution >= 4 is 29.0 Å². The maximum Gasteiger partial charge on any atom is 0.350 e. The molecule has 0 saturated carbocycles. The van der Waals surface area contributed by atoms with Crippen molar-refractivity contribution in [2.75, 3.05) is 10.6 Å². The van der Waals surface area contributed by atoms with Crippen LogP contribution in [0.15, 0.2) is 53.5 Å². The highest BCUT2D eigenvalue weighted by Crippen LogP contribution is 2.20. The first-order chi connectivity index (χ1) is 12.9. The molecule has 0 aliphatic carbocycles. The van der Waals surface area contributed by atoms with Crippen LogP contribution in [-0.2, 0) is 11.3 Å². The van der Waals surface area contributed by atoms with Gasteiger partial charge in [0.25, 0.3) is 0 Å². The van der Waals surface area contributed by atoms with Crippen molar-refractivity contribution in [3.8, 4) is 0 Å². The zero-order valence-electron chi connectivity index (χ0n) is 15.0. The summed E-state index contributed by atoms with van der Waals surface area (Å²) in [4.78, 5) is 36.5. The first-order valence-electron chi connectivity index (χ1n) is 8.44. The number of urea groups is 1. The summed E-state index contributed by atoms with van der Waals surface area (Å²) in [5, 5.41) is 12.2. The Balaban J connectivity index is 1.73. The normalized spacial score (nSPS) is 10.8. The number of pyridine rings is 1. The molecule has 0 radical (unpaired) electrons. The van der Waals surface area contributed by atoms with Crippen molar-refractivity contribution in [2.24, 2.45) is 0 Å². The highest BCUT2D eigenvalue weighted by Gasteiger charge is 2.13. The molecule has 27 heavy (non-hydrogen) atoms. The van der Waals surface area contributed by atoms with E-state index in [0.717, 1.165) is 4.68 Å². The number of anilines is 2. The van der Waals surface area contributed by atoms with Gasteiger partial charge in [-0.15, -0.1) is 5.10 Å². The molecule has 140 valence electrons. The van der Waals surface area contributed by atoms with Gasteiger partial charge in [0.15, 0.2) is 5.65 Å². The number of hydrogen-bond acceptors (Lipinski definition) is 4. The van der Waals surface area contributed by atoms with Crippen molar-refractivity contribution < 1.29 is 9.59 Å². The molecule has 2 heterocycles. The minimum Gasteiger partial charge on any atom is -0.336 e. The van der Waals surface area contributed by atoms with Gasteiger partial charge in [-0.25, -0.2) is 14.3 Å². The van der Waals surface area contributed by atoms with Gasteiger partial charge < -0.3 is 16.0 Å². The third-order valence-electron chi connectivity index (χ3n) is 3.65. The SMILES string of the molecule is CC(C)NC(=O)Nc1ccccc1NC(=O)Cn1nc2ccccn2c1=O. The fourth-order valence-corrected chi connectivity index (χ4v) is 2.52. The van der Waals surface area contributed by atoms with Gasteiger partial charge in [-0.3, -0.25) is 9.20 Å². The Kier molecular flexibility index (Phi) is 5.20. The quantitative estimate of drug-likeness (QED) is 0.636. The van der Waals surface area contributed by atoms with E-state index < -0.39 is 11.6 Å². The van der Waals surface area contributed by atoms with Crippen molar-refractivity contribution in [3.63, 3.8) is 0 Å². The predicted octanol–water partition coefficient (Wildman–Crippen LogP) is 1.66. The van der Waals surface area contributed by atoms with Crippen LogP contribution < -0.4 is 21.6 Å². The van der Waals surface area contributed by atoms with E-state index in [-0.39, 0.29) is 18.6 Å². The van der Waals surface area contributed by atoms with Gasteiger partial charge in [0.05, 0.1) is 11.4 Å². The number of carbonyl (C=O) groups excluding carboxylic acids is 2. The van der Waals surface area contributed by atoms with Crippen molar-refractivity contribution in [2.45, 2.75) is 26.4 Å². The number of nitrogens with one attached hydrogen (secondary N) is 3. The summed E-state index contributed by atoms with van der Waals surface area (Å²) >= 11 is 0. The molecule has 0 unspecified atom stereocenters. The number of hydrogen-bond donors (Lipinski definition) is 3. The second kappa shape index (κ2) is 7.73. The second-order valence-corrected chi connectivity index (χ2v) is 6.22. The van der Waals surface area contributed by atoms with Crippen LogP contribution in [0.1, 0.15) is 13.8 Å². The lowest BCUT2D eigenvalue weighted by atomic mass is 10.2. The molecular formula is C18H20N6O3. The third-order valence-corrected chi connectivity index (χ3v) is 3.65. The monoisotopic (exact) mass is 368 g/mol. The summed E-state index contributed by atoms with van der Waals surface area (Å²) in [7, 11) is 0. The molecular weight excluding hydrogens is 348 g/mol. The van der Waals surface area contributed by atoms with Crippen molar-refractivity contribution in [1.82, 2.24) is 19.5 Å². The van der Waals surface area contributed by atoms with E-state index in [2.05, 4.69) is 21.0 Å². The summed E-state index contributed by atoms with van der Waals surface area (Å²) in [6.45, 7) is 3.45. The van der Waals surface area contributed by atoms with Gasteiger partial charge in [0, 0.05) is 12.2 Å². The van der Waals surface area contributed by atoms with E-state index in [9.17, 15) is 14.4 Å². The number of rotatable bonds is 5. The number of para-hydroxylation sites is 2. The Labute approximate surface area is 155 Å². The zero-order chi connectivity index (χ0) is 19.4. The molecule has 1 aromatic carbocycles.